The molecule has 0 N–H and O–H groups in total. The molecule has 2 aliphatic rings. The highest BCUT2D eigenvalue weighted by Crippen LogP contribution is 2.47. The summed E-state index contributed by atoms with van der Waals surface area (Å²) in [4.78, 5) is 0. The molecule has 0 saturated carbocycles. The third-order valence-electron chi connectivity index (χ3n) is 2.14. The van der Waals surface area contributed by atoms with Gasteiger partial charge in [0.05, 0.1) is 0 Å². The van der Waals surface area contributed by atoms with E-state index in [9.17, 15) is 0 Å². The van der Waals surface area contributed by atoms with Gasteiger partial charge in [-0.15, -0.1) is 0 Å². The van der Waals surface area contributed by atoms with Gasteiger partial charge >= 0.3 is 0 Å². The molecule has 0 nitrogen and oxygen atoms in total. The Hall–Kier alpha value is -0.520. The van der Waals surface area contributed by atoms with E-state index in [1.165, 1.54) is 0 Å². The Labute approximate surface area is 49.9 Å². The highest BCUT2D eigenvalue weighted by Gasteiger charge is 2.34. The SMILES string of the molecule is CC1=CC(C)C2=CC12. The lowest BCUT2D eigenvalue weighted by atomic mass is 10.2. The third-order valence-corrected chi connectivity index (χ3v) is 2.14. The fraction of sp³-hybridized carbons (Fsp3) is 0.500. The fourth-order valence-corrected chi connectivity index (χ4v) is 1.57. The van der Waals surface area contributed by atoms with E-state index >= 15 is 0 Å². The van der Waals surface area contributed by atoms with Crippen LogP contribution < -0.4 is 0 Å². The van der Waals surface area contributed by atoms with Gasteiger partial charge in [-0.2, -0.15) is 0 Å². The van der Waals surface area contributed by atoms with Crippen molar-refractivity contribution in [2.24, 2.45) is 11.8 Å². The topological polar surface area (TPSA) is 0 Å². The minimum absolute atomic E-state index is 0.764. The van der Waals surface area contributed by atoms with E-state index in [2.05, 4.69) is 26.0 Å². The maximum Gasteiger partial charge on any atom is 0.0193 e. The van der Waals surface area contributed by atoms with Crippen molar-refractivity contribution in [2.45, 2.75) is 13.8 Å². The largest absolute Gasteiger partial charge is 0.0777 e. The predicted molar refractivity (Wildman–Crippen MR) is 34.5 cm³/mol. The summed E-state index contributed by atoms with van der Waals surface area (Å²) in [6, 6.07) is 0. The maximum absolute atomic E-state index is 2.36. The number of fused-ring (bicyclic) bond motifs is 1. The molecular weight excluding hydrogens is 96.1 g/mol. The van der Waals surface area contributed by atoms with E-state index in [4.69, 9.17) is 0 Å². The van der Waals surface area contributed by atoms with E-state index in [0.717, 1.165) is 11.8 Å². The molecule has 0 aromatic carbocycles. The smallest absolute Gasteiger partial charge is 0.0193 e. The summed E-state index contributed by atoms with van der Waals surface area (Å²) in [6.07, 6.45) is 4.72. The van der Waals surface area contributed by atoms with Crippen LogP contribution in [0.1, 0.15) is 13.8 Å². The van der Waals surface area contributed by atoms with Crippen LogP contribution in [-0.4, -0.2) is 0 Å². The van der Waals surface area contributed by atoms with Gasteiger partial charge in [-0.3, -0.25) is 0 Å². The second kappa shape index (κ2) is 1.07. The molecule has 2 atom stereocenters. The quantitative estimate of drug-likeness (QED) is 0.415. The molecule has 0 heteroatoms. The summed E-state index contributed by atoms with van der Waals surface area (Å²) in [5.74, 6) is 1.57. The minimum atomic E-state index is 0.764. The van der Waals surface area contributed by atoms with Gasteiger partial charge in [-0.05, 0) is 12.8 Å². The Morgan fingerprint density at radius 3 is 2.25 bits per heavy atom. The summed E-state index contributed by atoms with van der Waals surface area (Å²) in [5.41, 5.74) is 3.22. The fourth-order valence-electron chi connectivity index (χ4n) is 1.57. The zero-order chi connectivity index (χ0) is 5.72. The highest BCUT2D eigenvalue weighted by atomic mass is 14.4. The first-order valence-electron chi connectivity index (χ1n) is 3.19. The lowest BCUT2D eigenvalue weighted by molar-refractivity contribution is 0.907. The lowest BCUT2D eigenvalue weighted by Crippen LogP contribution is -1.78. The molecule has 0 spiro atoms. The van der Waals surface area contributed by atoms with Crippen molar-refractivity contribution in [3.05, 3.63) is 23.3 Å². The first-order chi connectivity index (χ1) is 3.79. The Morgan fingerprint density at radius 1 is 1.38 bits per heavy atom. The Balaban J connectivity index is 2.31. The van der Waals surface area contributed by atoms with Crippen molar-refractivity contribution < 1.29 is 0 Å². The summed E-state index contributed by atoms with van der Waals surface area (Å²) in [5, 5.41) is 0. The van der Waals surface area contributed by atoms with Crippen molar-refractivity contribution in [1.29, 1.82) is 0 Å². The maximum atomic E-state index is 2.36. The molecule has 0 radical (unpaired) electrons. The van der Waals surface area contributed by atoms with Gasteiger partial charge < -0.3 is 0 Å². The number of hydrogen-bond acceptors (Lipinski definition) is 0. The summed E-state index contributed by atoms with van der Waals surface area (Å²) >= 11 is 0. The molecule has 2 unspecified atom stereocenters. The number of allylic oxidation sites excluding steroid dienone is 4. The molecule has 0 saturated heterocycles. The van der Waals surface area contributed by atoms with Crippen LogP contribution >= 0.6 is 0 Å². The van der Waals surface area contributed by atoms with E-state index in [1.54, 1.807) is 11.1 Å². The van der Waals surface area contributed by atoms with Gasteiger partial charge in [0.25, 0.3) is 0 Å². The van der Waals surface area contributed by atoms with Gasteiger partial charge in [0, 0.05) is 5.92 Å². The zero-order valence-corrected chi connectivity index (χ0v) is 5.31. The minimum Gasteiger partial charge on any atom is -0.0777 e. The summed E-state index contributed by atoms with van der Waals surface area (Å²) in [7, 11) is 0. The first-order valence-corrected chi connectivity index (χ1v) is 3.19. The molecule has 0 bridgehead atoms. The number of hydrogen-bond donors (Lipinski definition) is 0. The molecule has 0 fully saturated rings. The van der Waals surface area contributed by atoms with Crippen LogP contribution in [0.5, 0.6) is 0 Å². The predicted octanol–water partition coefficient (Wildman–Crippen LogP) is 2.14. The zero-order valence-electron chi connectivity index (χ0n) is 5.31. The van der Waals surface area contributed by atoms with Crippen LogP contribution in [0.25, 0.3) is 0 Å². The monoisotopic (exact) mass is 106 g/mol. The molecule has 2 aliphatic carbocycles. The van der Waals surface area contributed by atoms with Gasteiger partial charge in [-0.1, -0.05) is 30.2 Å². The first kappa shape index (κ1) is 4.37. The van der Waals surface area contributed by atoms with E-state index in [0.29, 0.717) is 0 Å². The molecule has 0 amide bonds. The molecule has 0 heterocycles. The van der Waals surface area contributed by atoms with Crippen LogP contribution in [0, 0.1) is 11.8 Å². The van der Waals surface area contributed by atoms with Crippen LogP contribution in [0.15, 0.2) is 23.3 Å². The molecular formula is C8H10. The second-order valence-electron chi connectivity index (χ2n) is 2.84. The van der Waals surface area contributed by atoms with Crippen molar-refractivity contribution in [3.8, 4) is 0 Å². The van der Waals surface area contributed by atoms with Crippen molar-refractivity contribution in [1.82, 2.24) is 0 Å². The third kappa shape index (κ3) is 0.360. The van der Waals surface area contributed by atoms with Gasteiger partial charge in [-0.25, -0.2) is 0 Å². The molecule has 0 aliphatic heterocycles. The second-order valence-corrected chi connectivity index (χ2v) is 2.84. The molecule has 2 rings (SSSR count). The van der Waals surface area contributed by atoms with Crippen LogP contribution in [0.4, 0.5) is 0 Å². The molecule has 8 heavy (non-hydrogen) atoms. The number of rotatable bonds is 0. The van der Waals surface area contributed by atoms with E-state index < -0.39 is 0 Å². The van der Waals surface area contributed by atoms with Gasteiger partial charge in [0.15, 0.2) is 0 Å². The Kier molecular flexibility index (Phi) is 0.585. The average Bonchev–Trinajstić information content (AvgIpc) is 2.35. The average molecular weight is 106 g/mol. The molecule has 42 valence electrons. The van der Waals surface area contributed by atoms with Crippen molar-refractivity contribution in [3.63, 3.8) is 0 Å². The van der Waals surface area contributed by atoms with E-state index in [1.807, 2.05) is 0 Å². The normalized spacial score (nSPS) is 40.8. The van der Waals surface area contributed by atoms with Crippen LogP contribution in [0.2, 0.25) is 0 Å². The standard InChI is InChI=1S/C8H10/c1-5-3-6(2)8-4-7(5)8/h3-5,8H,1-2H3. The molecule has 0 aromatic rings. The van der Waals surface area contributed by atoms with Gasteiger partial charge in [0.1, 0.15) is 0 Å². The van der Waals surface area contributed by atoms with Crippen molar-refractivity contribution >= 4 is 0 Å². The Morgan fingerprint density at radius 2 is 2.12 bits per heavy atom. The highest BCUT2D eigenvalue weighted by molar-refractivity contribution is 5.48. The lowest BCUT2D eigenvalue weighted by Gasteiger charge is -1.89. The Bertz CT molecular complexity index is 184. The van der Waals surface area contributed by atoms with E-state index in [-0.39, 0.29) is 0 Å². The van der Waals surface area contributed by atoms with Crippen LogP contribution in [0.3, 0.4) is 0 Å². The summed E-state index contributed by atoms with van der Waals surface area (Å²) in [6.45, 7) is 4.49. The van der Waals surface area contributed by atoms with Crippen LogP contribution in [-0.2, 0) is 0 Å². The van der Waals surface area contributed by atoms with Crippen molar-refractivity contribution in [2.75, 3.05) is 0 Å². The molecule has 0 aromatic heterocycles. The summed E-state index contributed by atoms with van der Waals surface area (Å²) < 4.78 is 0. The van der Waals surface area contributed by atoms with Gasteiger partial charge in [0.2, 0.25) is 0 Å².